The number of rotatable bonds is 6. The van der Waals surface area contributed by atoms with E-state index in [0.717, 1.165) is 11.3 Å². The smallest absolute Gasteiger partial charge is 0.226 e. The Balaban J connectivity index is 2.51. The van der Waals surface area contributed by atoms with Crippen molar-refractivity contribution in [3.8, 4) is 0 Å². The van der Waals surface area contributed by atoms with Crippen LogP contribution >= 0.6 is 0 Å². The van der Waals surface area contributed by atoms with Gasteiger partial charge >= 0.3 is 0 Å². The number of carbonyl (C=O) groups is 2. The maximum Gasteiger partial charge on any atom is 0.226 e. The van der Waals surface area contributed by atoms with Crippen LogP contribution in [0.4, 0.5) is 5.69 Å². The van der Waals surface area contributed by atoms with E-state index in [1.54, 1.807) is 31.0 Å². The molecule has 5 heteroatoms. The average Bonchev–Trinajstić information content (AvgIpc) is 2.37. The molecule has 1 aromatic carbocycles. The Labute approximate surface area is 119 Å². The highest BCUT2D eigenvalue weighted by Crippen LogP contribution is 2.11. The summed E-state index contributed by atoms with van der Waals surface area (Å²) in [4.78, 5) is 24.5. The first-order chi connectivity index (χ1) is 9.38. The number of anilines is 1. The molecule has 1 atom stereocenters. The summed E-state index contributed by atoms with van der Waals surface area (Å²) in [6.07, 6.45) is 0.489. The summed E-state index contributed by atoms with van der Waals surface area (Å²) in [6.45, 7) is 3.70. The second-order valence-electron chi connectivity index (χ2n) is 5.01. The van der Waals surface area contributed by atoms with Crippen LogP contribution < -0.4 is 5.32 Å². The van der Waals surface area contributed by atoms with Crippen LogP contribution in [0.3, 0.4) is 0 Å². The molecule has 0 radical (unpaired) electrons. The van der Waals surface area contributed by atoms with Gasteiger partial charge in [-0.05, 0) is 31.0 Å². The summed E-state index contributed by atoms with van der Waals surface area (Å²) < 4.78 is 0. The van der Waals surface area contributed by atoms with Crippen molar-refractivity contribution >= 4 is 17.5 Å². The number of carbonyl (C=O) groups excluding carboxylic acids is 2. The lowest BCUT2D eigenvalue weighted by molar-refractivity contribution is -0.129. The van der Waals surface area contributed by atoms with E-state index in [2.05, 4.69) is 5.32 Å². The van der Waals surface area contributed by atoms with E-state index >= 15 is 0 Å². The van der Waals surface area contributed by atoms with Crippen molar-refractivity contribution in [2.75, 3.05) is 18.9 Å². The summed E-state index contributed by atoms with van der Waals surface area (Å²) in [7, 11) is 1.73. The maximum atomic E-state index is 12.0. The summed E-state index contributed by atoms with van der Waals surface area (Å²) >= 11 is 0. The van der Waals surface area contributed by atoms with Crippen molar-refractivity contribution in [2.24, 2.45) is 0 Å². The number of hydrogen-bond acceptors (Lipinski definition) is 3. The Morgan fingerprint density at radius 3 is 2.40 bits per heavy atom. The zero-order valence-electron chi connectivity index (χ0n) is 12.2. The van der Waals surface area contributed by atoms with E-state index in [0.29, 0.717) is 19.4 Å². The second kappa shape index (κ2) is 7.65. The first-order valence-corrected chi connectivity index (χ1v) is 6.67. The molecule has 2 N–H and O–H groups in total. The third-order valence-corrected chi connectivity index (χ3v) is 2.94. The van der Waals surface area contributed by atoms with Gasteiger partial charge in [0.05, 0.1) is 12.5 Å². The number of benzene rings is 1. The number of nitrogens with zero attached hydrogens (tertiary/aromatic N) is 1. The van der Waals surface area contributed by atoms with Gasteiger partial charge in [0.2, 0.25) is 11.8 Å². The van der Waals surface area contributed by atoms with Crippen LogP contribution in [-0.2, 0) is 16.0 Å². The number of amides is 2. The fourth-order valence-electron chi connectivity index (χ4n) is 1.72. The monoisotopic (exact) mass is 278 g/mol. The van der Waals surface area contributed by atoms with Gasteiger partial charge in [0.15, 0.2) is 0 Å². The predicted molar refractivity (Wildman–Crippen MR) is 78.4 cm³/mol. The predicted octanol–water partition coefficient (Wildman–Crippen LogP) is 1.42. The minimum atomic E-state index is -0.401. The van der Waals surface area contributed by atoms with Crippen LogP contribution in [0, 0.1) is 0 Å². The Bertz CT molecular complexity index is 455. The lowest BCUT2D eigenvalue weighted by Crippen LogP contribution is -2.30. The molecule has 1 rings (SSSR count). The number of aliphatic hydroxyl groups is 1. The van der Waals surface area contributed by atoms with Crippen LogP contribution in [-0.4, -0.2) is 41.5 Å². The van der Waals surface area contributed by atoms with Crippen molar-refractivity contribution < 1.29 is 14.7 Å². The molecule has 1 unspecified atom stereocenters. The molecule has 0 saturated carbocycles. The normalized spacial score (nSPS) is 11.8. The van der Waals surface area contributed by atoms with Gasteiger partial charge in [-0.1, -0.05) is 12.1 Å². The van der Waals surface area contributed by atoms with Crippen molar-refractivity contribution in [3.63, 3.8) is 0 Å². The van der Waals surface area contributed by atoms with Crippen LogP contribution in [0.15, 0.2) is 24.3 Å². The standard InChI is InChI=1S/C15H22N2O3/c1-11(18)8-9-17(3)15(20)10-13-4-6-14(7-5-13)16-12(2)19/h4-7,11,18H,8-10H2,1-3H3,(H,16,19). The largest absolute Gasteiger partial charge is 0.393 e. The summed E-state index contributed by atoms with van der Waals surface area (Å²) in [5, 5.41) is 11.9. The number of aliphatic hydroxyl groups excluding tert-OH is 1. The molecule has 0 bridgehead atoms. The van der Waals surface area contributed by atoms with Crippen LogP contribution in [0.25, 0.3) is 0 Å². The van der Waals surface area contributed by atoms with E-state index in [1.807, 2.05) is 12.1 Å². The van der Waals surface area contributed by atoms with Gasteiger partial charge in [-0.25, -0.2) is 0 Å². The number of nitrogens with one attached hydrogen (secondary N) is 1. The number of likely N-dealkylation sites (N-methyl/N-ethyl adjacent to an activating group) is 1. The Kier molecular flexibility index (Phi) is 6.18. The van der Waals surface area contributed by atoms with Crippen molar-refractivity contribution in [1.29, 1.82) is 0 Å². The molecule has 110 valence electrons. The highest BCUT2D eigenvalue weighted by atomic mass is 16.3. The minimum absolute atomic E-state index is 0.0120. The van der Waals surface area contributed by atoms with Crippen molar-refractivity contribution in [1.82, 2.24) is 4.90 Å². The minimum Gasteiger partial charge on any atom is -0.393 e. The van der Waals surface area contributed by atoms with Gasteiger partial charge in [-0.2, -0.15) is 0 Å². The molecule has 2 amide bonds. The summed E-state index contributed by atoms with van der Waals surface area (Å²) in [6, 6.07) is 7.21. The molecule has 20 heavy (non-hydrogen) atoms. The highest BCUT2D eigenvalue weighted by molar-refractivity contribution is 5.88. The quantitative estimate of drug-likeness (QED) is 0.826. The van der Waals surface area contributed by atoms with Crippen LogP contribution in [0.2, 0.25) is 0 Å². The molecule has 5 nitrogen and oxygen atoms in total. The highest BCUT2D eigenvalue weighted by Gasteiger charge is 2.10. The molecule has 0 aliphatic rings. The van der Waals surface area contributed by atoms with E-state index in [-0.39, 0.29) is 11.8 Å². The first kappa shape index (κ1) is 16.2. The lowest BCUT2D eigenvalue weighted by Gasteiger charge is -2.18. The first-order valence-electron chi connectivity index (χ1n) is 6.67. The second-order valence-corrected chi connectivity index (χ2v) is 5.01. The molecule has 0 saturated heterocycles. The molecule has 1 aromatic rings. The topological polar surface area (TPSA) is 69.6 Å². The van der Waals surface area contributed by atoms with E-state index in [9.17, 15) is 14.7 Å². The van der Waals surface area contributed by atoms with Gasteiger partial charge in [0.25, 0.3) is 0 Å². The fraction of sp³-hybridized carbons (Fsp3) is 0.467. The van der Waals surface area contributed by atoms with Crippen LogP contribution in [0.5, 0.6) is 0 Å². The zero-order valence-corrected chi connectivity index (χ0v) is 12.2. The molecule has 0 aromatic heterocycles. The van der Waals surface area contributed by atoms with Crippen molar-refractivity contribution in [3.05, 3.63) is 29.8 Å². The Hall–Kier alpha value is -1.88. The Morgan fingerprint density at radius 1 is 1.30 bits per heavy atom. The molecule has 0 spiro atoms. The zero-order chi connectivity index (χ0) is 15.1. The van der Waals surface area contributed by atoms with Crippen LogP contribution in [0.1, 0.15) is 25.8 Å². The maximum absolute atomic E-state index is 12.0. The molecular weight excluding hydrogens is 256 g/mol. The van der Waals surface area contributed by atoms with Gasteiger partial charge < -0.3 is 15.3 Å². The van der Waals surface area contributed by atoms with Gasteiger partial charge in [0.1, 0.15) is 0 Å². The molecule has 0 heterocycles. The van der Waals surface area contributed by atoms with Gasteiger partial charge in [0, 0.05) is 26.2 Å². The number of hydrogen-bond donors (Lipinski definition) is 2. The summed E-state index contributed by atoms with van der Waals surface area (Å²) in [5.74, 6) is -0.107. The fourth-order valence-corrected chi connectivity index (χ4v) is 1.72. The van der Waals surface area contributed by atoms with E-state index in [4.69, 9.17) is 0 Å². The van der Waals surface area contributed by atoms with Gasteiger partial charge in [-0.15, -0.1) is 0 Å². The molecule has 0 fully saturated rings. The average molecular weight is 278 g/mol. The SMILES string of the molecule is CC(=O)Nc1ccc(CC(=O)N(C)CCC(C)O)cc1. The van der Waals surface area contributed by atoms with Crippen molar-refractivity contribution in [2.45, 2.75) is 32.8 Å². The van der Waals surface area contributed by atoms with E-state index < -0.39 is 6.10 Å². The lowest BCUT2D eigenvalue weighted by atomic mass is 10.1. The molecular formula is C15H22N2O3. The van der Waals surface area contributed by atoms with Gasteiger partial charge in [-0.3, -0.25) is 9.59 Å². The third kappa shape index (κ3) is 5.84. The summed E-state index contributed by atoms with van der Waals surface area (Å²) in [5.41, 5.74) is 1.61. The van der Waals surface area contributed by atoms with E-state index in [1.165, 1.54) is 6.92 Å². The molecule has 0 aliphatic heterocycles. The third-order valence-electron chi connectivity index (χ3n) is 2.94. The molecule has 0 aliphatic carbocycles. The Morgan fingerprint density at radius 2 is 1.90 bits per heavy atom.